The molecule has 1 aromatic rings. The third-order valence-electron chi connectivity index (χ3n) is 2.00. The fourth-order valence-corrected chi connectivity index (χ4v) is 1.27. The number of carbonyl (C=O) groups is 2. The summed E-state index contributed by atoms with van der Waals surface area (Å²) in [6.45, 7) is 3.02. The van der Waals surface area contributed by atoms with E-state index in [9.17, 15) is 9.59 Å². The molecule has 0 spiro atoms. The van der Waals surface area contributed by atoms with Gasteiger partial charge in [0.05, 0.1) is 7.11 Å². The zero-order valence-electron chi connectivity index (χ0n) is 10.0. The predicted molar refractivity (Wildman–Crippen MR) is 62.9 cm³/mol. The normalized spacial score (nSPS) is 11.5. The van der Waals surface area contributed by atoms with E-state index in [1.165, 1.54) is 14.0 Å². The molecule has 0 aliphatic carbocycles. The van der Waals surface area contributed by atoms with Gasteiger partial charge in [-0.25, -0.2) is 4.79 Å². The quantitative estimate of drug-likeness (QED) is 0.807. The van der Waals surface area contributed by atoms with E-state index in [0.29, 0.717) is 11.4 Å². The summed E-state index contributed by atoms with van der Waals surface area (Å²) in [5.41, 5.74) is 0.618. The van der Waals surface area contributed by atoms with Crippen LogP contribution in [-0.4, -0.2) is 25.1 Å². The lowest BCUT2D eigenvalue weighted by molar-refractivity contribution is -0.147. The number of methoxy groups -OCH3 is 1. The fraction of sp³-hybridized carbons (Fsp3) is 0.333. The molecule has 0 aliphatic heterocycles. The van der Waals surface area contributed by atoms with Crippen molar-refractivity contribution in [2.45, 2.75) is 20.0 Å². The van der Waals surface area contributed by atoms with Gasteiger partial charge in [0.1, 0.15) is 5.75 Å². The Bertz CT molecular complexity index is 417. The maximum atomic E-state index is 11.2. The van der Waals surface area contributed by atoms with E-state index in [1.807, 2.05) is 0 Å². The van der Waals surface area contributed by atoms with Crippen molar-refractivity contribution in [3.8, 4) is 5.75 Å². The number of ether oxygens (including phenoxy) is 2. The third-order valence-corrected chi connectivity index (χ3v) is 2.00. The standard InChI is InChI=1S/C12H15NO4/c1-8(12(15)16-3)17-11-6-4-5-10(7-11)13-9(2)14/h4-8H,1-3H3,(H,13,14)/t8-/m0/s1. The van der Waals surface area contributed by atoms with Crippen LogP contribution in [0.15, 0.2) is 24.3 Å². The lowest BCUT2D eigenvalue weighted by atomic mass is 10.3. The SMILES string of the molecule is COC(=O)[C@H](C)Oc1cccc(NC(C)=O)c1. The summed E-state index contributed by atoms with van der Waals surface area (Å²) in [7, 11) is 1.30. The summed E-state index contributed by atoms with van der Waals surface area (Å²) >= 11 is 0. The molecule has 0 saturated carbocycles. The van der Waals surface area contributed by atoms with Crippen molar-refractivity contribution in [2.75, 3.05) is 12.4 Å². The van der Waals surface area contributed by atoms with Crippen LogP contribution in [-0.2, 0) is 14.3 Å². The molecule has 0 aliphatic rings. The Morgan fingerprint density at radius 3 is 2.65 bits per heavy atom. The highest BCUT2D eigenvalue weighted by molar-refractivity contribution is 5.88. The first-order valence-corrected chi connectivity index (χ1v) is 5.15. The lowest BCUT2D eigenvalue weighted by Gasteiger charge is -2.13. The molecule has 1 amide bonds. The molecule has 0 unspecified atom stereocenters. The van der Waals surface area contributed by atoms with Gasteiger partial charge in [-0.1, -0.05) is 6.07 Å². The Labute approximate surface area is 99.7 Å². The summed E-state index contributed by atoms with van der Waals surface area (Å²) in [5.74, 6) is -0.118. The molecule has 0 bridgehead atoms. The van der Waals surface area contributed by atoms with Gasteiger partial charge < -0.3 is 14.8 Å². The molecule has 92 valence electrons. The molecule has 1 rings (SSSR count). The van der Waals surface area contributed by atoms with Gasteiger partial charge in [0.15, 0.2) is 6.10 Å². The number of anilines is 1. The third kappa shape index (κ3) is 4.14. The zero-order valence-corrected chi connectivity index (χ0v) is 10.0. The van der Waals surface area contributed by atoms with Crippen molar-refractivity contribution in [3.05, 3.63) is 24.3 Å². The largest absolute Gasteiger partial charge is 0.479 e. The topological polar surface area (TPSA) is 64.6 Å². The van der Waals surface area contributed by atoms with E-state index >= 15 is 0 Å². The summed E-state index contributed by atoms with van der Waals surface area (Å²) in [5, 5.41) is 2.63. The van der Waals surface area contributed by atoms with Crippen LogP contribution < -0.4 is 10.1 Å². The molecule has 0 fully saturated rings. The number of hydrogen-bond acceptors (Lipinski definition) is 4. The minimum absolute atomic E-state index is 0.164. The fourth-order valence-electron chi connectivity index (χ4n) is 1.27. The maximum Gasteiger partial charge on any atom is 0.346 e. The number of nitrogens with one attached hydrogen (secondary N) is 1. The Hall–Kier alpha value is -2.04. The number of carbonyl (C=O) groups excluding carboxylic acids is 2. The van der Waals surface area contributed by atoms with Crippen molar-refractivity contribution in [3.63, 3.8) is 0 Å². The van der Waals surface area contributed by atoms with Crippen LogP contribution in [0, 0.1) is 0 Å². The predicted octanol–water partition coefficient (Wildman–Crippen LogP) is 1.59. The highest BCUT2D eigenvalue weighted by atomic mass is 16.6. The van der Waals surface area contributed by atoms with Crippen molar-refractivity contribution >= 4 is 17.6 Å². The average Bonchev–Trinajstić information content (AvgIpc) is 2.27. The van der Waals surface area contributed by atoms with Gasteiger partial charge in [0, 0.05) is 18.7 Å². The highest BCUT2D eigenvalue weighted by Gasteiger charge is 2.14. The number of benzene rings is 1. The average molecular weight is 237 g/mol. The Morgan fingerprint density at radius 2 is 2.06 bits per heavy atom. The summed E-state index contributed by atoms with van der Waals surface area (Å²) in [6.07, 6.45) is -0.687. The molecular weight excluding hydrogens is 222 g/mol. The summed E-state index contributed by atoms with van der Waals surface area (Å²) in [6, 6.07) is 6.80. The second kappa shape index (κ2) is 5.89. The van der Waals surface area contributed by atoms with E-state index in [1.54, 1.807) is 31.2 Å². The molecule has 1 aromatic carbocycles. The van der Waals surface area contributed by atoms with E-state index in [0.717, 1.165) is 0 Å². The number of hydrogen-bond donors (Lipinski definition) is 1. The minimum atomic E-state index is -0.687. The van der Waals surface area contributed by atoms with Crippen molar-refractivity contribution in [1.29, 1.82) is 0 Å². The van der Waals surface area contributed by atoms with E-state index in [2.05, 4.69) is 10.1 Å². The molecule has 0 saturated heterocycles. The molecule has 0 heterocycles. The monoisotopic (exact) mass is 237 g/mol. The number of esters is 1. The molecule has 0 radical (unpaired) electrons. The van der Waals surface area contributed by atoms with Gasteiger partial charge in [-0.15, -0.1) is 0 Å². The van der Waals surface area contributed by atoms with Crippen LogP contribution in [0.4, 0.5) is 5.69 Å². The van der Waals surface area contributed by atoms with Crippen molar-refractivity contribution in [2.24, 2.45) is 0 Å². The number of amides is 1. The smallest absolute Gasteiger partial charge is 0.346 e. The molecule has 5 nitrogen and oxygen atoms in total. The highest BCUT2D eigenvalue weighted by Crippen LogP contribution is 2.18. The first-order valence-electron chi connectivity index (χ1n) is 5.15. The van der Waals surface area contributed by atoms with Crippen LogP contribution in [0.5, 0.6) is 5.75 Å². The summed E-state index contributed by atoms with van der Waals surface area (Å²) in [4.78, 5) is 22.0. The zero-order chi connectivity index (χ0) is 12.8. The van der Waals surface area contributed by atoms with Gasteiger partial charge in [-0.05, 0) is 19.1 Å². The number of rotatable bonds is 4. The van der Waals surface area contributed by atoms with Crippen LogP contribution in [0.2, 0.25) is 0 Å². The van der Waals surface area contributed by atoms with Crippen LogP contribution >= 0.6 is 0 Å². The molecule has 17 heavy (non-hydrogen) atoms. The first-order chi connectivity index (χ1) is 8.02. The van der Waals surface area contributed by atoms with Gasteiger partial charge in [-0.3, -0.25) is 4.79 Å². The van der Waals surface area contributed by atoms with Gasteiger partial charge in [-0.2, -0.15) is 0 Å². The Balaban J connectivity index is 2.71. The molecule has 1 atom stereocenters. The molecule has 5 heteroatoms. The van der Waals surface area contributed by atoms with Crippen LogP contribution in [0.3, 0.4) is 0 Å². The van der Waals surface area contributed by atoms with Gasteiger partial charge in [0.25, 0.3) is 0 Å². The van der Waals surface area contributed by atoms with E-state index < -0.39 is 12.1 Å². The minimum Gasteiger partial charge on any atom is -0.479 e. The first kappa shape index (κ1) is 13.0. The molecule has 0 aromatic heterocycles. The summed E-state index contributed by atoms with van der Waals surface area (Å²) < 4.78 is 9.91. The maximum absolute atomic E-state index is 11.2. The van der Waals surface area contributed by atoms with Crippen molar-refractivity contribution < 1.29 is 19.1 Å². The van der Waals surface area contributed by atoms with Crippen LogP contribution in [0.25, 0.3) is 0 Å². The Morgan fingerprint density at radius 1 is 1.35 bits per heavy atom. The second-order valence-electron chi connectivity index (χ2n) is 3.49. The van der Waals surface area contributed by atoms with Gasteiger partial charge >= 0.3 is 5.97 Å². The molecular formula is C12H15NO4. The molecule has 1 N–H and O–H groups in total. The van der Waals surface area contributed by atoms with E-state index in [-0.39, 0.29) is 5.91 Å². The second-order valence-corrected chi connectivity index (χ2v) is 3.49. The van der Waals surface area contributed by atoms with Crippen molar-refractivity contribution in [1.82, 2.24) is 0 Å². The lowest BCUT2D eigenvalue weighted by Crippen LogP contribution is -2.24. The van der Waals surface area contributed by atoms with Crippen LogP contribution in [0.1, 0.15) is 13.8 Å². The Kier molecular flexibility index (Phi) is 4.51. The van der Waals surface area contributed by atoms with Gasteiger partial charge in [0.2, 0.25) is 5.91 Å². The van der Waals surface area contributed by atoms with E-state index in [4.69, 9.17) is 4.74 Å².